The minimum absolute atomic E-state index is 0.237. The largest absolute Gasteiger partial charge is 0.396 e. The van der Waals surface area contributed by atoms with Gasteiger partial charge in [-0.2, -0.15) is 0 Å². The summed E-state index contributed by atoms with van der Waals surface area (Å²) in [5.41, 5.74) is 0.958. The summed E-state index contributed by atoms with van der Waals surface area (Å²) in [6.07, 6.45) is 0.801. The number of aromatic nitrogens is 1. The fourth-order valence-electron chi connectivity index (χ4n) is 1.49. The van der Waals surface area contributed by atoms with Crippen LogP contribution in [0.3, 0.4) is 0 Å². The number of aliphatic hydroxyl groups excluding tert-OH is 1. The van der Waals surface area contributed by atoms with E-state index in [2.05, 4.69) is 23.9 Å². The van der Waals surface area contributed by atoms with Gasteiger partial charge in [-0.15, -0.1) is 0 Å². The van der Waals surface area contributed by atoms with Crippen LogP contribution in [0.1, 0.15) is 31.7 Å². The number of aryl methyl sites for hydroxylation is 1. The molecule has 0 bridgehead atoms. The van der Waals surface area contributed by atoms with Crippen LogP contribution in [0.15, 0.2) is 10.6 Å². The molecule has 0 atom stereocenters. The van der Waals surface area contributed by atoms with Crippen molar-refractivity contribution >= 4 is 0 Å². The third-order valence-corrected chi connectivity index (χ3v) is 2.38. The van der Waals surface area contributed by atoms with Gasteiger partial charge in [-0.05, 0) is 27.2 Å². The van der Waals surface area contributed by atoms with Crippen molar-refractivity contribution in [3.63, 3.8) is 0 Å². The van der Waals surface area contributed by atoms with Crippen molar-refractivity contribution in [2.45, 2.75) is 39.8 Å². The van der Waals surface area contributed by atoms with Crippen molar-refractivity contribution in [1.82, 2.24) is 10.1 Å². The predicted molar refractivity (Wildman–Crippen MR) is 58.5 cm³/mol. The zero-order valence-corrected chi connectivity index (χ0v) is 9.73. The Kier molecular flexibility index (Phi) is 4.78. The van der Waals surface area contributed by atoms with Crippen molar-refractivity contribution < 1.29 is 9.63 Å². The maximum Gasteiger partial charge on any atom is 0.133 e. The lowest BCUT2D eigenvalue weighted by molar-refractivity contribution is 0.181. The molecule has 0 saturated carbocycles. The van der Waals surface area contributed by atoms with E-state index in [9.17, 15) is 0 Å². The summed E-state index contributed by atoms with van der Waals surface area (Å²) in [6.45, 7) is 8.09. The van der Waals surface area contributed by atoms with Crippen molar-refractivity contribution in [3.8, 4) is 0 Å². The molecular weight excluding hydrogens is 192 g/mol. The van der Waals surface area contributed by atoms with E-state index in [1.54, 1.807) is 0 Å². The van der Waals surface area contributed by atoms with Gasteiger partial charge < -0.3 is 9.63 Å². The number of nitrogens with zero attached hydrogens (tertiary/aromatic N) is 2. The number of aliphatic hydroxyl groups is 1. The van der Waals surface area contributed by atoms with Crippen LogP contribution in [-0.2, 0) is 6.54 Å². The molecule has 86 valence electrons. The highest BCUT2D eigenvalue weighted by Gasteiger charge is 2.11. The van der Waals surface area contributed by atoms with Gasteiger partial charge in [0.2, 0.25) is 0 Å². The molecule has 1 aromatic heterocycles. The third kappa shape index (κ3) is 4.01. The monoisotopic (exact) mass is 212 g/mol. The Morgan fingerprint density at radius 1 is 1.53 bits per heavy atom. The molecule has 4 nitrogen and oxygen atoms in total. The van der Waals surface area contributed by atoms with Gasteiger partial charge in [0.05, 0.1) is 5.69 Å². The highest BCUT2D eigenvalue weighted by Crippen LogP contribution is 2.09. The van der Waals surface area contributed by atoms with E-state index in [-0.39, 0.29) is 6.61 Å². The van der Waals surface area contributed by atoms with Crippen molar-refractivity contribution in [2.24, 2.45) is 0 Å². The normalized spacial score (nSPS) is 11.6. The summed E-state index contributed by atoms with van der Waals surface area (Å²) >= 11 is 0. The van der Waals surface area contributed by atoms with Gasteiger partial charge in [0, 0.05) is 31.8 Å². The summed E-state index contributed by atoms with van der Waals surface area (Å²) in [5, 5.41) is 12.8. The average Bonchev–Trinajstić information content (AvgIpc) is 2.58. The van der Waals surface area contributed by atoms with E-state index in [4.69, 9.17) is 9.63 Å². The van der Waals surface area contributed by atoms with Gasteiger partial charge in [-0.1, -0.05) is 5.16 Å². The molecule has 0 saturated heterocycles. The van der Waals surface area contributed by atoms with Gasteiger partial charge in [-0.3, -0.25) is 4.90 Å². The minimum Gasteiger partial charge on any atom is -0.396 e. The Morgan fingerprint density at radius 2 is 2.27 bits per heavy atom. The van der Waals surface area contributed by atoms with E-state index in [1.165, 1.54) is 0 Å². The molecule has 0 spiro atoms. The maximum atomic E-state index is 8.81. The number of hydrogen-bond donors (Lipinski definition) is 1. The van der Waals surface area contributed by atoms with Crippen LogP contribution < -0.4 is 0 Å². The number of hydrogen-bond acceptors (Lipinski definition) is 4. The molecule has 0 aliphatic rings. The fraction of sp³-hybridized carbons (Fsp3) is 0.727. The Balaban J connectivity index is 2.50. The van der Waals surface area contributed by atoms with Gasteiger partial charge in [0.15, 0.2) is 0 Å². The third-order valence-electron chi connectivity index (χ3n) is 2.38. The predicted octanol–water partition coefficient (Wildman–Crippen LogP) is 1.58. The van der Waals surface area contributed by atoms with E-state index in [0.717, 1.165) is 31.0 Å². The topological polar surface area (TPSA) is 49.5 Å². The van der Waals surface area contributed by atoms with Gasteiger partial charge in [-0.25, -0.2) is 0 Å². The Hall–Kier alpha value is -0.870. The van der Waals surface area contributed by atoms with Gasteiger partial charge in [0.25, 0.3) is 0 Å². The average molecular weight is 212 g/mol. The molecule has 0 aliphatic carbocycles. The lowest BCUT2D eigenvalue weighted by Crippen LogP contribution is -2.31. The molecule has 1 aromatic rings. The molecule has 0 fully saturated rings. The van der Waals surface area contributed by atoms with Crippen molar-refractivity contribution in [2.75, 3.05) is 13.2 Å². The second-order valence-electron chi connectivity index (χ2n) is 4.07. The van der Waals surface area contributed by atoms with Crippen LogP contribution in [0.5, 0.6) is 0 Å². The molecule has 0 aromatic carbocycles. The van der Waals surface area contributed by atoms with Crippen LogP contribution in [-0.4, -0.2) is 34.4 Å². The summed E-state index contributed by atoms with van der Waals surface area (Å²) in [7, 11) is 0. The summed E-state index contributed by atoms with van der Waals surface area (Å²) in [5.74, 6) is 0.843. The fourth-order valence-corrected chi connectivity index (χ4v) is 1.49. The van der Waals surface area contributed by atoms with E-state index in [0.29, 0.717) is 6.04 Å². The molecule has 0 radical (unpaired) electrons. The quantitative estimate of drug-likeness (QED) is 0.777. The van der Waals surface area contributed by atoms with Crippen LogP contribution in [0.25, 0.3) is 0 Å². The van der Waals surface area contributed by atoms with Crippen molar-refractivity contribution in [1.29, 1.82) is 0 Å². The Morgan fingerprint density at radius 3 is 2.73 bits per heavy atom. The highest BCUT2D eigenvalue weighted by atomic mass is 16.5. The maximum absolute atomic E-state index is 8.81. The second kappa shape index (κ2) is 5.88. The summed E-state index contributed by atoms with van der Waals surface area (Å²) in [6, 6.07) is 2.41. The Labute approximate surface area is 90.9 Å². The van der Waals surface area contributed by atoms with E-state index >= 15 is 0 Å². The first kappa shape index (κ1) is 12.2. The molecular formula is C11H20N2O2. The summed E-state index contributed by atoms with van der Waals surface area (Å²) < 4.78 is 5.02. The standard InChI is InChI=1S/C11H20N2O2/c1-9(2)13(5-4-6-14)8-11-7-10(3)15-12-11/h7,9,14H,4-6,8H2,1-3H3. The number of rotatable bonds is 6. The molecule has 1 heterocycles. The zero-order valence-electron chi connectivity index (χ0n) is 9.73. The molecule has 0 unspecified atom stereocenters. The lowest BCUT2D eigenvalue weighted by atomic mass is 10.2. The van der Waals surface area contributed by atoms with Gasteiger partial charge in [0.1, 0.15) is 5.76 Å². The first-order valence-electron chi connectivity index (χ1n) is 5.40. The van der Waals surface area contributed by atoms with Crippen LogP contribution in [0.4, 0.5) is 0 Å². The minimum atomic E-state index is 0.237. The first-order chi connectivity index (χ1) is 7.13. The molecule has 1 rings (SSSR count). The van der Waals surface area contributed by atoms with Crippen molar-refractivity contribution in [3.05, 3.63) is 17.5 Å². The smallest absolute Gasteiger partial charge is 0.133 e. The molecule has 4 heteroatoms. The lowest BCUT2D eigenvalue weighted by Gasteiger charge is -2.24. The zero-order chi connectivity index (χ0) is 11.3. The molecule has 0 aliphatic heterocycles. The van der Waals surface area contributed by atoms with Crippen LogP contribution in [0, 0.1) is 6.92 Å². The van der Waals surface area contributed by atoms with Crippen LogP contribution in [0.2, 0.25) is 0 Å². The Bertz CT molecular complexity index is 284. The molecule has 1 N–H and O–H groups in total. The first-order valence-corrected chi connectivity index (χ1v) is 5.40. The van der Waals surface area contributed by atoms with Crippen LogP contribution >= 0.6 is 0 Å². The summed E-state index contributed by atoms with van der Waals surface area (Å²) in [4.78, 5) is 2.27. The van der Waals surface area contributed by atoms with E-state index in [1.807, 2.05) is 13.0 Å². The SMILES string of the molecule is Cc1cc(CN(CCCO)C(C)C)no1. The highest BCUT2D eigenvalue weighted by molar-refractivity contribution is 5.03. The van der Waals surface area contributed by atoms with E-state index < -0.39 is 0 Å². The van der Waals surface area contributed by atoms with Gasteiger partial charge >= 0.3 is 0 Å². The second-order valence-corrected chi connectivity index (χ2v) is 4.07. The molecule has 15 heavy (non-hydrogen) atoms. The molecule has 0 amide bonds.